The number of hydrogen-bond acceptors (Lipinski definition) is 7. The summed E-state index contributed by atoms with van der Waals surface area (Å²) >= 11 is 0. The molecule has 5 N–H and O–H groups in total. The Hall–Kier alpha value is -4.98. The van der Waals surface area contributed by atoms with E-state index in [2.05, 4.69) is 9.97 Å². The molecule has 0 saturated carbocycles. The van der Waals surface area contributed by atoms with Crippen molar-refractivity contribution in [3.63, 3.8) is 0 Å². The highest BCUT2D eigenvalue weighted by atomic mass is 19.4. The molecule has 2 aromatic carbocycles. The molecule has 1 unspecified atom stereocenters. The van der Waals surface area contributed by atoms with Crippen molar-refractivity contribution >= 4 is 28.8 Å². The lowest BCUT2D eigenvalue weighted by Gasteiger charge is -2.21. The van der Waals surface area contributed by atoms with Crippen molar-refractivity contribution in [3.8, 4) is 22.8 Å². The maximum atomic E-state index is 14.0. The smallest absolute Gasteiger partial charge is 0.417 e. The van der Waals surface area contributed by atoms with E-state index in [-0.39, 0.29) is 39.2 Å². The number of nitrogens with zero attached hydrogens (tertiary/aromatic N) is 4. The normalized spacial score (nSPS) is 15.7. The number of ether oxygens (including phenoxy) is 1. The SMILES string of the molecule is NC(=O)c1ccc(-c2cn(C(=O)O)c3ccc(Oc4cc(CN5CCCC5C(N)=O)ncn4)cc23)c(C(F)(F)F)c1. The van der Waals surface area contributed by atoms with Crippen molar-refractivity contribution < 1.29 is 37.4 Å². The van der Waals surface area contributed by atoms with Crippen LogP contribution in [0, 0.1) is 0 Å². The standard InChI is InChI=1S/C27H23F3N6O5/c28-27(29,30)20-8-14(24(31)37)3-5-17(20)19-12-36(26(39)40)21-6-4-16(10-18(19)21)41-23-9-15(33-13-34-23)11-35-7-1-2-22(35)25(32)38/h3-6,8-10,12-13,22H,1-2,7,11H2,(H2,31,37)(H2,32,38)(H,39,40). The number of alkyl halides is 3. The van der Waals surface area contributed by atoms with E-state index in [4.69, 9.17) is 16.2 Å². The minimum absolute atomic E-state index is 0.0499. The third-order valence-electron chi connectivity index (χ3n) is 6.86. The number of likely N-dealkylation sites (tertiary alicyclic amines) is 1. The summed E-state index contributed by atoms with van der Waals surface area (Å²) in [6.07, 6.45) is -2.45. The van der Waals surface area contributed by atoms with Gasteiger partial charge in [-0.05, 0) is 55.3 Å². The molecule has 2 amide bonds. The maximum absolute atomic E-state index is 14.0. The number of aromatic nitrogens is 3. The quantitative estimate of drug-likeness (QED) is 0.301. The highest BCUT2D eigenvalue weighted by molar-refractivity contribution is 6.02. The Morgan fingerprint density at radius 2 is 1.83 bits per heavy atom. The zero-order valence-electron chi connectivity index (χ0n) is 21.3. The third-order valence-corrected chi connectivity index (χ3v) is 6.86. The van der Waals surface area contributed by atoms with Crippen LogP contribution in [-0.4, -0.2) is 55.0 Å². The first kappa shape index (κ1) is 27.6. The van der Waals surface area contributed by atoms with E-state index in [0.717, 1.165) is 29.3 Å². The molecule has 0 aliphatic carbocycles. The summed E-state index contributed by atoms with van der Waals surface area (Å²) in [5.41, 5.74) is 9.45. The van der Waals surface area contributed by atoms with Gasteiger partial charge in [-0.15, -0.1) is 0 Å². The fourth-order valence-electron chi connectivity index (χ4n) is 5.00. The number of amides is 2. The minimum Gasteiger partial charge on any atom is -0.464 e. The minimum atomic E-state index is -4.87. The van der Waals surface area contributed by atoms with Crippen molar-refractivity contribution in [1.82, 2.24) is 19.4 Å². The first-order valence-electron chi connectivity index (χ1n) is 12.3. The second-order valence-corrected chi connectivity index (χ2v) is 9.48. The second kappa shape index (κ2) is 10.5. The van der Waals surface area contributed by atoms with Gasteiger partial charge in [-0.3, -0.25) is 19.1 Å². The Balaban J connectivity index is 1.53. The predicted molar refractivity (Wildman–Crippen MR) is 139 cm³/mol. The van der Waals surface area contributed by atoms with Gasteiger partial charge in [0.25, 0.3) is 0 Å². The Labute approximate surface area is 230 Å². The number of primary amides is 2. The van der Waals surface area contributed by atoms with Crippen molar-refractivity contribution in [2.24, 2.45) is 11.5 Å². The number of carbonyl (C=O) groups is 3. The molecule has 1 atom stereocenters. The van der Waals surface area contributed by atoms with Gasteiger partial charge in [-0.1, -0.05) is 6.07 Å². The second-order valence-electron chi connectivity index (χ2n) is 9.48. The largest absolute Gasteiger partial charge is 0.464 e. The molecule has 0 bridgehead atoms. The summed E-state index contributed by atoms with van der Waals surface area (Å²) in [6, 6.07) is 8.27. The molecule has 0 spiro atoms. The van der Waals surface area contributed by atoms with Crippen LogP contribution in [0.2, 0.25) is 0 Å². The van der Waals surface area contributed by atoms with E-state index < -0.39 is 35.7 Å². The van der Waals surface area contributed by atoms with E-state index in [1.807, 2.05) is 4.90 Å². The van der Waals surface area contributed by atoms with Gasteiger partial charge in [0.1, 0.15) is 12.1 Å². The lowest BCUT2D eigenvalue weighted by Crippen LogP contribution is -2.39. The molecule has 2 aromatic heterocycles. The van der Waals surface area contributed by atoms with Gasteiger partial charge in [0, 0.05) is 35.3 Å². The molecule has 1 aliphatic rings. The van der Waals surface area contributed by atoms with Gasteiger partial charge in [0.15, 0.2) is 0 Å². The monoisotopic (exact) mass is 568 g/mol. The number of hydrogen-bond donors (Lipinski definition) is 3. The Bertz CT molecular complexity index is 1690. The first-order valence-corrected chi connectivity index (χ1v) is 12.3. The summed E-state index contributed by atoms with van der Waals surface area (Å²) in [7, 11) is 0. The van der Waals surface area contributed by atoms with Gasteiger partial charge in [0.2, 0.25) is 17.7 Å². The van der Waals surface area contributed by atoms with Crippen LogP contribution in [0.4, 0.5) is 18.0 Å². The topological polar surface area (TPSA) is 167 Å². The van der Waals surface area contributed by atoms with Crippen molar-refractivity contribution in [2.45, 2.75) is 31.6 Å². The molecule has 3 heterocycles. The average Bonchev–Trinajstić information content (AvgIpc) is 3.53. The number of fused-ring (bicyclic) bond motifs is 1. The van der Waals surface area contributed by atoms with Crippen LogP contribution in [0.3, 0.4) is 0 Å². The van der Waals surface area contributed by atoms with Crippen LogP contribution in [0.15, 0.2) is 55.0 Å². The number of carboxylic acid groups (broad SMARTS) is 1. The van der Waals surface area contributed by atoms with Crippen molar-refractivity contribution in [2.75, 3.05) is 6.54 Å². The summed E-state index contributed by atoms with van der Waals surface area (Å²) < 4.78 is 48.7. The van der Waals surface area contributed by atoms with Crippen LogP contribution < -0.4 is 16.2 Å². The van der Waals surface area contributed by atoms with Gasteiger partial charge in [0.05, 0.1) is 22.8 Å². The molecular weight excluding hydrogens is 545 g/mol. The lowest BCUT2D eigenvalue weighted by molar-refractivity contribution is -0.137. The van der Waals surface area contributed by atoms with Gasteiger partial charge in [-0.25, -0.2) is 14.8 Å². The number of halogens is 3. The van der Waals surface area contributed by atoms with Crippen molar-refractivity contribution in [1.29, 1.82) is 0 Å². The summed E-state index contributed by atoms with van der Waals surface area (Å²) in [6.45, 7) is 1.01. The van der Waals surface area contributed by atoms with E-state index in [1.54, 1.807) is 6.07 Å². The first-order chi connectivity index (χ1) is 19.4. The van der Waals surface area contributed by atoms with Crippen LogP contribution in [-0.2, 0) is 17.5 Å². The Morgan fingerprint density at radius 3 is 2.51 bits per heavy atom. The van der Waals surface area contributed by atoms with E-state index >= 15 is 0 Å². The number of benzene rings is 2. The Morgan fingerprint density at radius 1 is 1.05 bits per heavy atom. The number of carbonyl (C=O) groups excluding carboxylic acids is 2. The van der Waals surface area contributed by atoms with Crippen LogP contribution >= 0.6 is 0 Å². The van der Waals surface area contributed by atoms with Crippen molar-refractivity contribution in [3.05, 3.63) is 71.8 Å². The van der Waals surface area contributed by atoms with E-state index in [0.29, 0.717) is 31.3 Å². The predicted octanol–water partition coefficient (Wildman–Crippen LogP) is 3.98. The lowest BCUT2D eigenvalue weighted by atomic mass is 9.96. The molecule has 11 nitrogen and oxygen atoms in total. The molecular formula is C27H23F3N6O5. The molecule has 14 heteroatoms. The van der Waals surface area contributed by atoms with Gasteiger partial charge >= 0.3 is 12.3 Å². The number of nitrogens with two attached hydrogens (primary N) is 2. The fraction of sp³-hybridized carbons (Fsp3) is 0.222. The molecule has 212 valence electrons. The molecule has 1 fully saturated rings. The van der Waals surface area contributed by atoms with E-state index in [9.17, 15) is 32.7 Å². The Kier molecular flexibility index (Phi) is 7.09. The zero-order valence-corrected chi connectivity index (χ0v) is 21.3. The van der Waals surface area contributed by atoms with Crippen LogP contribution in [0.1, 0.15) is 34.5 Å². The van der Waals surface area contributed by atoms with Gasteiger partial charge in [-0.2, -0.15) is 13.2 Å². The van der Waals surface area contributed by atoms with Crippen LogP contribution in [0.25, 0.3) is 22.0 Å². The van der Waals surface area contributed by atoms with Crippen LogP contribution in [0.5, 0.6) is 11.6 Å². The zero-order chi connectivity index (χ0) is 29.5. The fourth-order valence-corrected chi connectivity index (χ4v) is 5.00. The highest BCUT2D eigenvalue weighted by Gasteiger charge is 2.35. The molecule has 1 aliphatic heterocycles. The molecule has 1 saturated heterocycles. The summed E-state index contributed by atoms with van der Waals surface area (Å²) in [5.74, 6) is -1.15. The number of rotatable bonds is 7. The highest BCUT2D eigenvalue weighted by Crippen LogP contribution is 2.42. The third kappa shape index (κ3) is 5.54. The summed E-state index contributed by atoms with van der Waals surface area (Å²) in [4.78, 5) is 45.4. The van der Waals surface area contributed by atoms with Gasteiger partial charge < -0.3 is 21.3 Å². The molecule has 41 heavy (non-hydrogen) atoms. The molecule has 0 radical (unpaired) electrons. The maximum Gasteiger partial charge on any atom is 0.417 e. The van der Waals surface area contributed by atoms with E-state index in [1.165, 1.54) is 24.5 Å². The molecule has 5 rings (SSSR count). The molecule has 4 aromatic rings. The average molecular weight is 569 g/mol. The summed E-state index contributed by atoms with van der Waals surface area (Å²) in [5, 5.41) is 9.84.